The minimum atomic E-state index is -4.71. The summed E-state index contributed by atoms with van der Waals surface area (Å²) in [7, 11) is -2.03. The highest BCUT2D eigenvalue weighted by Gasteiger charge is 2.32. The smallest absolute Gasteiger partial charge is 0.342 e. The Balaban J connectivity index is 1.72. The highest BCUT2D eigenvalue weighted by atomic mass is 32.2. The van der Waals surface area contributed by atoms with E-state index in [0.29, 0.717) is 5.52 Å². The molecule has 2 amide bonds. The molecule has 15 heteroatoms. The molecule has 0 bridgehead atoms. The predicted molar refractivity (Wildman–Crippen MR) is 129 cm³/mol. The summed E-state index contributed by atoms with van der Waals surface area (Å²) in [5.41, 5.74) is 0.169. The summed E-state index contributed by atoms with van der Waals surface area (Å²) in [6.45, 7) is 1.55. The third-order valence-corrected chi connectivity index (χ3v) is 6.18. The van der Waals surface area contributed by atoms with E-state index in [1.807, 2.05) is 16.9 Å². The van der Waals surface area contributed by atoms with Crippen molar-refractivity contribution in [3.05, 3.63) is 54.2 Å². The number of aromatic nitrogens is 5. The zero-order chi connectivity index (χ0) is 26.6. The summed E-state index contributed by atoms with van der Waals surface area (Å²) in [6.07, 6.45) is 1.03. The average molecular weight is 528 g/mol. The Morgan fingerprint density at radius 3 is 2.38 bits per heavy atom. The Bertz CT molecular complexity index is 1570. The Kier molecular flexibility index (Phi) is 7.15. The first-order chi connectivity index (χ1) is 17.7. The van der Waals surface area contributed by atoms with Gasteiger partial charge in [0, 0.05) is 5.39 Å². The van der Waals surface area contributed by atoms with Crippen molar-refractivity contribution < 1.29 is 32.2 Å². The molecule has 0 atom stereocenters. The molecule has 4 rings (SSSR count). The summed E-state index contributed by atoms with van der Waals surface area (Å²) in [5, 5.41) is 6.40. The third kappa shape index (κ3) is 5.40. The number of carbonyl (C=O) groups excluding carboxylic acids is 2. The van der Waals surface area contributed by atoms with E-state index in [4.69, 9.17) is 14.2 Å². The van der Waals surface area contributed by atoms with Gasteiger partial charge in [0.1, 0.15) is 5.56 Å². The molecule has 0 aliphatic rings. The van der Waals surface area contributed by atoms with E-state index in [1.165, 1.54) is 26.4 Å². The molecule has 3 aromatic heterocycles. The number of sulfonamides is 1. The number of esters is 1. The van der Waals surface area contributed by atoms with Crippen molar-refractivity contribution in [2.75, 3.05) is 26.1 Å². The van der Waals surface area contributed by atoms with Crippen LogP contribution in [0.1, 0.15) is 17.3 Å². The second-order valence-electron chi connectivity index (χ2n) is 7.19. The van der Waals surface area contributed by atoms with Crippen LogP contribution in [0.25, 0.3) is 16.7 Å². The highest BCUT2D eigenvalue weighted by molar-refractivity contribution is 7.90. The van der Waals surface area contributed by atoms with Crippen molar-refractivity contribution in [2.24, 2.45) is 0 Å². The van der Waals surface area contributed by atoms with Crippen LogP contribution in [0.3, 0.4) is 0 Å². The molecule has 37 heavy (non-hydrogen) atoms. The van der Waals surface area contributed by atoms with Gasteiger partial charge in [-0.25, -0.2) is 24.0 Å². The van der Waals surface area contributed by atoms with Gasteiger partial charge in [0.25, 0.3) is 10.0 Å². The van der Waals surface area contributed by atoms with E-state index in [0.717, 1.165) is 16.3 Å². The Hall–Kier alpha value is -4.79. The standard InChI is InChI=1S/C22H21N7O7S/c1-4-36-20(30)14-12-23-29(16-10-9-13-7-5-6-8-15(13)24-16)19(14)37(32,33)28-22(31)27-21-25-17(34-2)11-18(26-21)35-3/h5-12H,4H2,1-3H3,(H2,25,26,27,28,31). The number of para-hydroxylation sites is 1. The van der Waals surface area contributed by atoms with Crippen LogP contribution in [0.5, 0.6) is 11.8 Å². The Morgan fingerprint density at radius 2 is 1.70 bits per heavy atom. The van der Waals surface area contributed by atoms with Crippen molar-refractivity contribution in [2.45, 2.75) is 11.9 Å². The van der Waals surface area contributed by atoms with Crippen LogP contribution in [-0.4, -0.2) is 66.0 Å². The number of benzene rings is 1. The fourth-order valence-corrected chi connectivity index (χ4v) is 4.43. The summed E-state index contributed by atoms with van der Waals surface area (Å²) >= 11 is 0. The summed E-state index contributed by atoms with van der Waals surface area (Å²) in [5.74, 6) is -1.02. The van der Waals surface area contributed by atoms with Crippen LogP contribution >= 0.6 is 0 Å². The number of ether oxygens (including phenoxy) is 3. The van der Waals surface area contributed by atoms with Gasteiger partial charge in [-0.3, -0.25) is 5.32 Å². The Morgan fingerprint density at radius 1 is 1.00 bits per heavy atom. The largest absolute Gasteiger partial charge is 0.481 e. The van der Waals surface area contributed by atoms with E-state index in [-0.39, 0.29) is 30.1 Å². The molecule has 2 N–H and O–H groups in total. The number of hydrogen-bond donors (Lipinski definition) is 2. The lowest BCUT2D eigenvalue weighted by Crippen LogP contribution is -2.36. The van der Waals surface area contributed by atoms with Crippen molar-refractivity contribution in [3.63, 3.8) is 0 Å². The quantitative estimate of drug-likeness (QED) is 0.320. The van der Waals surface area contributed by atoms with Gasteiger partial charge >= 0.3 is 12.0 Å². The third-order valence-electron chi connectivity index (χ3n) is 4.83. The van der Waals surface area contributed by atoms with Crippen LogP contribution in [0, 0.1) is 0 Å². The van der Waals surface area contributed by atoms with Gasteiger partial charge in [0.15, 0.2) is 10.8 Å². The molecule has 0 unspecified atom stereocenters. The van der Waals surface area contributed by atoms with E-state index in [1.54, 1.807) is 25.1 Å². The number of amides is 2. The van der Waals surface area contributed by atoms with Crippen molar-refractivity contribution in [1.29, 1.82) is 0 Å². The normalized spacial score (nSPS) is 11.1. The van der Waals surface area contributed by atoms with Crippen LogP contribution in [0.2, 0.25) is 0 Å². The second-order valence-corrected chi connectivity index (χ2v) is 8.79. The van der Waals surface area contributed by atoms with Crippen LogP contribution in [0.4, 0.5) is 10.7 Å². The van der Waals surface area contributed by atoms with Gasteiger partial charge in [-0.2, -0.15) is 23.5 Å². The number of hydrogen-bond acceptors (Lipinski definition) is 11. The lowest BCUT2D eigenvalue weighted by Gasteiger charge is -2.12. The van der Waals surface area contributed by atoms with Gasteiger partial charge in [0.2, 0.25) is 17.7 Å². The van der Waals surface area contributed by atoms with Gasteiger partial charge < -0.3 is 14.2 Å². The number of pyridine rings is 1. The number of carbonyl (C=O) groups is 2. The van der Waals surface area contributed by atoms with E-state index in [2.05, 4.69) is 25.4 Å². The number of fused-ring (bicyclic) bond motifs is 1. The average Bonchev–Trinajstić information content (AvgIpc) is 3.34. The predicted octanol–water partition coefficient (Wildman–Crippen LogP) is 1.91. The van der Waals surface area contributed by atoms with Crippen molar-refractivity contribution in [3.8, 4) is 17.6 Å². The molecule has 3 heterocycles. The van der Waals surface area contributed by atoms with Gasteiger partial charge in [-0.05, 0) is 25.1 Å². The zero-order valence-electron chi connectivity index (χ0n) is 19.8. The lowest BCUT2D eigenvalue weighted by molar-refractivity contribution is 0.0521. The van der Waals surface area contributed by atoms with E-state index < -0.39 is 32.6 Å². The lowest BCUT2D eigenvalue weighted by atomic mass is 10.2. The molecular weight excluding hydrogens is 506 g/mol. The monoisotopic (exact) mass is 527 g/mol. The summed E-state index contributed by atoms with van der Waals surface area (Å²) in [4.78, 5) is 37.4. The minimum Gasteiger partial charge on any atom is -0.481 e. The molecule has 0 fully saturated rings. The first-order valence-electron chi connectivity index (χ1n) is 10.7. The Labute approximate surface area is 210 Å². The SMILES string of the molecule is CCOC(=O)c1cnn(-c2ccc3ccccc3n2)c1S(=O)(=O)NC(=O)Nc1nc(OC)cc(OC)n1. The molecule has 0 saturated carbocycles. The molecule has 0 aliphatic carbocycles. The minimum absolute atomic E-state index is 0.0132. The van der Waals surface area contributed by atoms with Crippen LogP contribution in [0.15, 0.2) is 53.7 Å². The molecule has 0 aliphatic heterocycles. The number of nitrogens with zero attached hydrogens (tertiary/aromatic N) is 5. The van der Waals surface area contributed by atoms with Gasteiger partial charge in [-0.15, -0.1) is 0 Å². The molecule has 0 spiro atoms. The summed E-state index contributed by atoms with van der Waals surface area (Å²) < 4.78 is 44.5. The van der Waals surface area contributed by atoms with E-state index in [9.17, 15) is 18.0 Å². The van der Waals surface area contributed by atoms with Crippen molar-refractivity contribution in [1.82, 2.24) is 29.5 Å². The zero-order valence-corrected chi connectivity index (χ0v) is 20.6. The number of anilines is 1. The molecule has 14 nitrogen and oxygen atoms in total. The number of rotatable bonds is 8. The molecule has 1 aromatic carbocycles. The molecule has 192 valence electrons. The van der Waals surface area contributed by atoms with Gasteiger partial charge in [0.05, 0.1) is 38.6 Å². The van der Waals surface area contributed by atoms with Crippen LogP contribution < -0.4 is 19.5 Å². The van der Waals surface area contributed by atoms with Gasteiger partial charge in [-0.1, -0.05) is 18.2 Å². The first kappa shape index (κ1) is 25.3. The second kappa shape index (κ2) is 10.4. The molecule has 4 aromatic rings. The number of urea groups is 1. The number of nitrogens with one attached hydrogen (secondary N) is 2. The molecular formula is C22H21N7O7S. The maximum atomic E-state index is 13.4. The van der Waals surface area contributed by atoms with E-state index >= 15 is 0 Å². The number of methoxy groups -OCH3 is 2. The fraction of sp³-hybridized carbons (Fsp3) is 0.182. The fourth-order valence-electron chi connectivity index (χ4n) is 3.25. The summed E-state index contributed by atoms with van der Waals surface area (Å²) in [6, 6.07) is 10.6. The maximum absolute atomic E-state index is 13.4. The van der Waals surface area contributed by atoms with Crippen LogP contribution in [-0.2, 0) is 14.8 Å². The van der Waals surface area contributed by atoms with Crippen molar-refractivity contribution >= 4 is 38.9 Å². The topological polar surface area (TPSA) is 177 Å². The molecule has 0 radical (unpaired) electrons. The molecule has 0 saturated heterocycles. The first-order valence-corrected chi connectivity index (χ1v) is 12.2. The maximum Gasteiger partial charge on any atom is 0.342 e. The highest BCUT2D eigenvalue weighted by Crippen LogP contribution is 2.23.